The summed E-state index contributed by atoms with van der Waals surface area (Å²) >= 11 is 0. The third kappa shape index (κ3) is 6.05. The van der Waals surface area contributed by atoms with Gasteiger partial charge in [-0.25, -0.2) is 0 Å². The molecule has 2 aliphatic carbocycles. The second kappa shape index (κ2) is 12.9. The van der Waals surface area contributed by atoms with Crippen molar-refractivity contribution in [2.24, 2.45) is 28.1 Å². The average molecular weight is 537 g/mol. The summed E-state index contributed by atoms with van der Waals surface area (Å²) in [5.41, 5.74) is 0.299. The first-order valence-electron chi connectivity index (χ1n) is 14.8. The molecule has 0 spiro atoms. The molecule has 216 valence electrons. The summed E-state index contributed by atoms with van der Waals surface area (Å²) < 4.78 is 0. The fourth-order valence-electron chi connectivity index (χ4n) is 6.98. The molecule has 1 unspecified atom stereocenters. The summed E-state index contributed by atoms with van der Waals surface area (Å²) in [7, 11) is 0. The van der Waals surface area contributed by atoms with Crippen molar-refractivity contribution in [1.82, 2.24) is 0 Å². The summed E-state index contributed by atoms with van der Waals surface area (Å²) in [6, 6.07) is 0. The largest absolute Gasteiger partial charge is 0.298 e. The fraction of sp³-hybridized carbons (Fsp3) is 0.657. The Morgan fingerprint density at radius 2 is 1.33 bits per heavy atom. The maximum Gasteiger partial charge on any atom is 0.168 e. The number of hydrogen-bond donors (Lipinski definition) is 0. The molecular weight excluding hydrogens is 484 g/mol. The monoisotopic (exact) mass is 536 g/mol. The number of carbonyl (C=O) groups excluding carboxylic acids is 4. The molecule has 0 amide bonds. The van der Waals surface area contributed by atoms with E-state index in [2.05, 4.69) is 12.2 Å². The predicted octanol–water partition coefficient (Wildman–Crippen LogP) is 8.51. The summed E-state index contributed by atoms with van der Waals surface area (Å²) in [6.45, 7) is 19.9. The van der Waals surface area contributed by atoms with Gasteiger partial charge in [-0.1, -0.05) is 60.4 Å². The van der Waals surface area contributed by atoms with Crippen molar-refractivity contribution in [2.75, 3.05) is 0 Å². The van der Waals surface area contributed by atoms with Crippen molar-refractivity contribution in [2.45, 2.75) is 121 Å². The first-order chi connectivity index (χ1) is 18.1. The summed E-state index contributed by atoms with van der Waals surface area (Å²) in [5.74, 6) is -2.54. The lowest BCUT2D eigenvalue weighted by molar-refractivity contribution is -0.189. The van der Waals surface area contributed by atoms with Crippen LogP contribution in [0.2, 0.25) is 0 Å². The second-order valence-electron chi connectivity index (χ2n) is 13.3. The second-order valence-corrected chi connectivity index (χ2v) is 13.3. The lowest BCUT2D eigenvalue weighted by Gasteiger charge is -2.61. The van der Waals surface area contributed by atoms with E-state index in [1.807, 2.05) is 81.4 Å². The van der Waals surface area contributed by atoms with Crippen molar-refractivity contribution in [3.05, 3.63) is 46.6 Å². The van der Waals surface area contributed by atoms with Crippen LogP contribution >= 0.6 is 0 Å². The molecule has 2 bridgehead atoms. The SMILES string of the molecule is CCCC(=O)[C@@]12C(=O)C(CC=C(C)C)C(=O)[C@@](CC=C(C)C)(C[C@H](CC=C(C)C)[C@@]1(C)CCC=C(C)C)C2=O. The Kier molecular flexibility index (Phi) is 10.8. The van der Waals surface area contributed by atoms with Crippen LogP contribution in [0, 0.1) is 28.1 Å². The number of carbonyl (C=O) groups is 4. The number of Topliss-reactive ketones (excluding diaryl/α,β-unsaturated/α-hetero) is 4. The smallest absolute Gasteiger partial charge is 0.168 e. The van der Waals surface area contributed by atoms with Gasteiger partial charge in [0.25, 0.3) is 0 Å². The normalized spacial score (nSPS) is 29.9. The summed E-state index contributed by atoms with van der Waals surface area (Å²) in [5, 5.41) is 0. The molecule has 0 saturated heterocycles. The Bertz CT molecular complexity index is 1100. The minimum atomic E-state index is -1.81. The van der Waals surface area contributed by atoms with Gasteiger partial charge in [-0.15, -0.1) is 0 Å². The Morgan fingerprint density at radius 1 is 0.795 bits per heavy atom. The fourth-order valence-corrected chi connectivity index (χ4v) is 6.98. The van der Waals surface area contributed by atoms with Crippen molar-refractivity contribution >= 4 is 23.1 Å². The van der Waals surface area contributed by atoms with Crippen molar-refractivity contribution < 1.29 is 19.2 Å². The standard InChI is InChI=1S/C35H52O4/c1-11-13-29(36)35-31(38)28(18-16-25(6)7)30(37)34(32(35)39,21-19-26(8)9)22-27(17-15-24(4)5)33(35,10)20-12-14-23(2)3/h14-16,19,27-28H,11-13,17-18,20-22H2,1-10H3/t27-,28?,33+,34+,35-/m0/s1. The highest BCUT2D eigenvalue weighted by Crippen LogP contribution is 2.66. The summed E-state index contributed by atoms with van der Waals surface area (Å²) in [6.07, 6.45) is 11.6. The molecule has 2 saturated carbocycles. The Hall–Kier alpha value is -2.36. The van der Waals surface area contributed by atoms with Gasteiger partial charge in [0, 0.05) is 6.42 Å². The van der Waals surface area contributed by atoms with Gasteiger partial charge in [0.2, 0.25) is 0 Å². The molecule has 2 rings (SSSR count). The third-order valence-electron chi connectivity index (χ3n) is 9.14. The van der Waals surface area contributed by atoms with Gasteiger partial charge in [-0.2, -0.15) is 0 Å². The zero-order valence-electron chi connectivity index (χ0n) is 26.3. The Balaban J connectivity index is 3.01. The van der Waals surface area contributed by atoms with Crippen molar-refractivity contribution in [3.63, 3.8) is 0 Å². The lowest BCUT2D eigenvalue weighted by atomic mass is 9.36. The van der Waals surface area contributed by atoms with E-state index in [-0.39, 0.29) is 36.7 Å². The summed E-state index contributed by atoms with van der Waals surface area (Å²) in [4.78, 5) is 58.5. The molecule has 4 heteroatoms. The molecule has 0 aromatic rings. The Labute approximate surface area is 237 Å². The van der Waals surface area contributed by atoms with Crippen LogP contribution < -0.4 is 0 Å². The van der Waals surface area contributed by atoms with Crippen LogP contribution in [0.25, 0.3) is 0 Å². The van der Waals surface area contributed by atoms with Gasteiger partial charge in [-0.3, -0.25) is 19.2 Å². The first-order valence-corrected chi connectivity index (χ1v) is 14.8. The highest BCUT2D eigenvalue weighted by Gasteiger charge is 2.77. The van der Waals surface area contributed by atoms with E-state index in [4.69, 9.17) is 0 Å². The molecule has 2 aliphatic rings. The molecule has 0 aromatic heterocycles. The molecular formula is C35H52O4. The maximum atomic E-state index is 14.9. The van der Waals surface area contributed by atoms with Gasteiger partial charge >= 0.3 is 0 Å². The van der Waals surface area contributed by atoms with E-state index in [0.29, 0.717) is 32.1 Å². The minimum Gasteiger partial charge on any atom is -0.298 e. The van der Waals surface area contributed by atoms with E-state index in [1.165, 1.54) is 5.57 Å². The molecule has 0 radical (unpaired) electrons. The van der Waals surface area contributed by atoms with E-state index in [1.54, 1.807) is 0 Å². The van der Waals surface area contributed by atoms with Crippen LogP contribution in [0.3, 0.4) is 0 Å². The first kappa shape index (κ1) is 32.8. The zero-order valence-corrected chi connectivity index (χ0v) is 26.3. The topological polar surface area (TPSA) is 68.3 Å². The number of fused-ring (bicyclic) bond motifs is 2. The highest BCUT2D eigenvalue weighted by atomic mass is 16.2. The van der Waals surface area contributed by atoms with E-state index in [0.717, 1.165) is 16.7 Å². The number of allylic oxidation sites excluding steroid dienone is 8. The van der Waals surface area contributed by atoms with Gasteiger partial charge in [-0.05, 0) is 112 Å². The van der Waals surface area contributed by atoms with Crippen LogP contribution in [0.4, 0.5) is 0 Å². The average Bonchev–Trinajstić information content (AvgIpc) is 2.82. The minimum absolute atomic E-state index is 0.153. The van der Waals surface area contributed by atoms with Gasteiger partial charge in [0.1, 0.15) is 0 Å². The molecule has 0 aromatic carbocycles. The molecule has 5 atom stereocenters. The number of hydrogen-bond acceptors (Lipinski definition) is 4. The molecule has 2 fully saturated rings. The van der Waals surface area contributed by atoms with Crippen molar-refractivity contribution in [1.29, 1.82) is 0 Å². The highest BCUT2D eigenvalue weighted by molar-refractivity contribution is 6.38. The quantitative estimate of drug-likeness (QED) is 0.185. The van der Waals surface area contributed by atoms with Crippen molar-refractivity contribution in [3.8, 4) is 0 Å². The molecule has 4 nitrogen and oxygen atoms in total. The van der Waals surface area contributed by atoms with Crippen LogP contribution in [0.15, 0.2) is 46.6 Å². The van der Waals surface area contributed by atoms with Crippen LogP contribution in [0.5, 0.6) is 0 Å². The van der Waals surface area contributed by atoms with Crippen LogP contribution in [-0.4, -0.2) is 23.1 Å². The molecule has 39 heavy (non-hydrogen) atoms. The van der Waals surface area contributed by atoms with E-state index in [9.17, 15) is 19.2 Å². The maximum absolute atomic E-state index is 14.9. The van der Waals surface area contributed by atoms with Crippen LogP contribution in [-0.2, 0) is 19.2 Å². The van der Waals surface area contributed by atoms with E-state index >= 15 is 0 Å². The van der Waals surface area contributed by atoms with E-state index < -0.39 is 33.7 Å². The third-order valence-corrected chi connectivity index (χ3v) is 9.14. The molecule has 0 aliphatic heterocycles. The van der Waals surface area contributed by atoms with Gasteiger partial charge in [0.05, 0.1) is 11.3 Å². The predicted molar refractivity (Wildman–Crippen MR) is 160 cm³/mol. The zero-order chi connectivity index (χ0) is 29.8. The molecule has 0 heterocycles. The molecule has 0 N–H and O–H groups in total. The Morgan fingerprint density at radius 3 is 1.85 bits per heavy atom. The van der Waals surface area contributed by atoms with Gasteiger partial charge in [0.15, 0.2) is 28.5 Å². The number of ketones is 4. The number of rotatable bonds is 12. The van der Waals surface area contributed by atoms with Crippen LogP contribution in [0.1, 0.15) is 121 Å². The lowest BCUT2D eigenvalue weighted by Crippen LogP contribution is -2.74. The van der Waals surface area contributed by atoms with Gasteiger partial charge < -0.3 is 0 Å².